The van der Waals surface area contributed by atoms with Crippen LogP contribution < -0.4 is 5.32 Å². The molecule has 0 aromatic carbocycles. The molecule has 1 heterocycles. The van der Waals surface area contributed by atoms with Crippen LogP contribution in [-0.2, 0) is 22.4 Å². The number of thiophene rings is 1. The van der Waals surface area contributed by atoms with Gasteiger partial charge < -0.3 is 10.1 Å². The Kier molecular flexibility index (Phi) is 6.21. The highest BCUT2D eigenvalue weighted by Gasteiger charge is 2.34. The third-order valence-electron chi connectivity index (χ3n) is 4.91. The van der Waals surface area contributed by atoms with Gasteiger partial charge in [0.25, 0.3) is 0 Å². The van der Waals surface area contributed by atoms with Gasteiger partial charge in [-0.25, -0.2) is 4.79 Å². The fourth-order valence-electron chi connectivity index (χ4n) is 3.48. The van der Waals surface area contributed by atoms with Crippen LogP contribution in [0.1, 0.15) is 82.1 Å². The number of rotatable bonds is 4. The fraction of sp³-hybridized carbons (Fsp3) is 0.714. The highest BCUT2D eigenvalue weighted by Crippen LogP contribution is 2.44. The maximum absolute atomic E-state index is 12.6. The van der Waals surface area contributed by atoms with E-state index in [1.54, 1.807) is 11.3 Å². The van der Waals surface area contributed by atoms with Gasteiger partial charge in [0, 0.05) is 11.3 Å². The first-order chi connectivity index (χ1) is 11.9. The molecule has 0 bridgehead atoms. The summed E-state index contributed by atoms with van der Waals surface area (Å²) >= 11 is 1.56. The molecule has 0 unspecified atom stereocenters. The Bertz CT molecular complexity index is 677. The van der Waals surface area contributed by atoms with Gasteiger partial charge in [-0.15, -0.1) is 11.3 Å². The lowest BCUT2D eigenvalue weighted by Crippen LogP contribution is -2.26. The van der Waals surface area contributed by atoms with E-state index in [1.165, 1.54) is 4.88 Å². The molecule has 1 aliphatic carbocycles. The molecule has 0 radical (unpaired) electrons. The zero-order chi connectivity index (χ0) is 19.7. The second-order valence-corrected chi connectivity index (χ2v) is 10.6. The summed E-state index contributed by atoms with van der Waals surface area (Å²) in [5.74, 6) is 0.223. The Balaban J connectivity index is 2.34. The van der Waals surface area contributed by atoms with Gasteiger partial charge in [-0.1, -0.05) is 41.5 Å². The van der Waals surface area contributed by atoms with Crippen molar-refractivity contribution in [2.45, 2.75) is 74.1 Å². The van der Waals surface area contributed by atoms with Crippen LogP contribution in [-0.4, -0.2) is 18.5 Å². The minimum atomic E-state index is -0.315. The second-order valence-electron chi connectivity index (χ2n) is 9.52. The third kappa shape index (κ3) is 5.09. The first kappa shape index (κ1) is 20.9. The summed E-state index contributed by atoms with van der Waals surface area (Å²) in [6.07, 6.45) is 3.32. The monoisotopic (exact) mass is 379 g/mol. The number of ether oxygens (including phenoxy) is 1. The summed E-state index contributed by atoms with van der Waals surface area (Å²) in [6, 6.07) is 0. The Hall–Kier alpha value is -1.36. The molecule has 1 N–H and O–H groups in total. The first-order valence-electron chi connectivity index (χ1n) is 9.54. The van der Waals surface area contributed by atoms with Crippen LogP contribution in [0.5, 0.6) is 0 Å². The minimum Gasteiger partial charge on any atom is -0.462 e. The molecule has 0 aliphatic heterocycles. The van der Waals surface area contributed by atoms with Crippen LogP contribution >= 0.6 is 11.3 Å². The summed E-state index contributed by atoms with van der Waals surface area (Å²) in [4.78, 5) is 26.2. The molecule has 1 aromatic rings. The van der Waals surface area contributed by atoms with Crippen LogP contribution in [0.3, 0.4) is 0 Å². The van der Waals surface area contributed by atoms with Gasteiger partial charge in [-0.05, 0) is 48.5 Å². The van der Waals surface area contributed by atoms with Crippen LogP contribution in [0.2, 0.25) is 0 Å². The predicted octanol–water partition coefficient (Wildman–Crippen LogP) is 5.45. The van der Waals surface area contributed by atoms with Crippen molar-refractivity contribution in [2.75, 3.05) is 11.9 Å². The van der Waals surface area contributed by atoms with Gasteiger partial charge in [0.2, 0.25) is 5.91 Å². The van der Waals surface area contributed by atoms with E-state index in [2.05, 4.69) is 26.1 Å². The van der Waals surface area contributed by atoms with Crippen molar-refractivity contribution in [1.82, 2.24) is 0 Å². The summed E-state index contributed by atoms with van der Waals surface area (Å²) in [5.41, 5.74) is 1.81. The van der Waals surface area contributed by atoms with E-state index in [0.717, 1.165) is 24.8 Å². The Labute approximate surface area is 161 Å². The molecule has 0 fully saturated rings. The number of anilines is 1. The standard InChI is InChI=1S/C21H33NO3S/c1-8-25-19(24)17-14-10-9-13(21(5,6)7)11-15(14)26-18(17)22-16(23)12-20(2,3)4/h13H,8-12H2,1-7H3,(H,22,23)/t13-/m1/s1. The van der Waals surface area contributed by atoms with Crippen LogP contribution in [0.15, 0.2) is 0 Å². The molecule has 5 heteroatoms. The van der Waals surface area contributed by atoms with Crippen LogP contribution in [0.4, 0.5) is 5.00 Å². The van der Waals surface area contributed by atoms with Crippen molar-refractivity contribution in [3.05, 3.63) is 16.0 Å². The number of carbonyl (C=O) groups is 2. The van der Waals surface area contributed by atoms with E-state index in [0.29, 0.717) is 29.5 Å². The number of carbonyl (C=O) groups excluding carboxylic acids is 2. The van der Waals surface area contributed by atoms with Gasteiger partial charge >= 0.3 is 5.97 Å². The molecular formula is C21H33NO3S. The lowest BCUT2D eigenvalue weighted by molar-refractivity contribution is -0.117. The average molecular weight is 380 g/mol. The van der Waals surface area contributed by atoms with E-state index in [-0.39, 0.29) is 22.7 Å². The Morgan fingerprint density at radius 1 is 1.19 bits per heavy atom. The molecular weight excluding hydrogens is 346 g/mol. The fourth-order valence-corrected chi connectivity index (χ4v) is 4.82. The van der Waals surface area contributed by atoms with E-state index in [4.69, 9.17) is 4.74 Å². The normalized spacial score (nSPS) is 17.6. The zero-order valence-corrected chi connectivity index (χ0v) is 18.1. The van der Waals surface area contributed by atoms with Crippen LogP contribution in [0.25, 0.3) is 0 Å². The lowest BCUT2D eigenvalue weighted by atomic mass is 9.72. The van der Waals surface area contributed by atoms with E-state index in [9.17, 15) is 9.59 Å². The van der Waals surface area contributed by atoms with E-state index >= 15 is 0 Å². The molecule has 1 amide bonds. The molecule has 1 atom stereocenters. The number of nitrogens with one attached hydrogen (secondary N) is 1. The van der Waals surface area contributed by atoms with E-state index < -0.39 is 0 Å². The molecule has 146 valence electrons. The number of amides is 1. The van der Waals surface area contributed by atoms with Gasteiger partial charge in [-0.3, -0.25) is 4.79 Å². The van der Waals surface area contributed by atoms with Crippen LogP contribution in [0, 0.1) is 16.7 Å². The average Bonchev–Trinajstić information content (AvgIpc) is 2.81. The van der Waals surface area contributed by atoms with Crippen molar-refractivity contribution in [3.8, 4) is 0 Å². The smallest absolute Gasteiger partial charge is 0.341 e. The third-order valence-corrected chi connectivity index (χ3v) is 6.08. The van der Waals surface area contributed by atoms with Crippen molar-refractivity contribution in [1.29, 1.82) is 0 Å². The summed E-state index contributed by atoms with van der Waals surface area (Å²) in [6.45, 7) is 15.1. The van der Waals surface area contributed by atoms with Crippen molar-refractivity contribution < 1.29 is 14.3 Å². The summed E-state index contributed by atoms with van der Waals surface area (Å²) < 4.78 is 5.29. The van der Waals surface area contributed by atoms with Gasteiger partial charge in [0.1, 0.15) is 5.00 Å². The highest BCUT2D eigenvalue weighted by atomic mass is 32.1. The molecule has 1 aromatic heterocycles. The van der Waals surface area contributed by atoms with Gasteiger partial charge in [-0.2, -0.15) is 0 Å². The largest absolute Gasteiger partial charge is 0.462 e. The summed E-state index contributed by atoms with van der Waals surface area (Å²) in [7, 11) is 0. The van der Waals surface area contributed by atoms with Gasteiger partial charge in [0.05, 0.1) is 12.2 Å². The predicted molar refractivity (Wildman–Crippen MR) is 108 cm³/mol. The summed E-state index contributed by atoms with van der Waals surface area (Å²) in [5, 5.41) is 3.66. The van der Waals surface area contributed by atoms with Crippen molar-refractivity contribution in [2.24, 2.45) is 16.7 Å². The minimum absolute atomic E-state index is 0.0472. The Morgan fingerprint density at radius 3 is 2.38 bits per heavy atom. The molecule has 2 rings (SSSR count). The SMILES string of the molecule is CCOC(=O)c1c(NC(=O)CC(C)(C)C)sc2c1CC[C@@H](C(C)(C)C)C2. The van der Waals surface area contributed by atoms with Crippen molar-refractivity contribution >= 4 is 28.2 Å². The topological polar surface area (TPSA) is 55.4 Å². The Morgan fingerprint density at radius 2 is 1.85 bits per heavy atom. The molecule has 1 aliphatic rings. The van der Waals surface area contributed by atoms with E-state index in [1.807, 2.05) is 27.7 Å². The number of hydrogen-bond acceptors (Lipinski definition) is 4. The lowest BCUT2D eigenvalue weighted by Gasteiger charge is -2.33. The molecule has 0 saturated heterocycles. The second kappa shape index (κ2) is 7.71. The molecule has 4 nitrogen and oxygen atoms in total. The van der Waals surface area contributed by atoms with Crippen molar-refractivity contribution in [3.63, 3.8) is 0 Å². The first-order valence-corrected chi connectivity index (χ1v) is 10.4. The maximum Gasteiger partial charge on any atom is 0.341 e. The number of hydrogen-bond donors (Lipinski definition) is 1. The zero-order valence-electron chi connectivity index (χ0n) is 17.2. The maximum atomic E-state index is 12.6. The molecule has 0 saturated carbocycles. The quantitative estimate of drug-likeness (QED) is 0.708. The molecule has 26 heavy (non-hydrogen) atoms. The highest BCUT2D eigenvalue weighted by molar-refractivity contribution is 7.17. The number of esters is 1. The molecule has 0 spiro atoms. The van der Waals surface area contributed by atoms with Gasteiger partial charge in [0.15, 0.2) is 0 Å². The number of fused-ring (bicyclic) bond motifs is 1.